The number of rotatable bonds is 4. The van der Waals surface area contributed by atoms with Crippen LogP contribution in [0.1, 0.15) is 16.8 Å². The second-order valence-electron chi connectivity index (χ2n) is 3.76. The molecule has 0 saturated carbocycles. The van der Waals surface area contributed by atoms with Gasteiger partial charge in [0.2, 0.25) is 0 Å². The van der Waals surface area contributed by atoms with Gasteiger partial charge in [-0.3, -0.25) is 4.79 Å². The molecule has 0 aliphatic carbocycles. The van der Waals surface area contributed by atoms with Crippen LogP contribution in [0.25, 0.3) is 0 Å². The molecule has 1 aromatic rings. The first-order valence-electron chi connectivity index (χ1n) is 5.69. The number of fused-ring (bicyclic) bond motifs is 1. The van der Waals surface area contributed by atoms with Crippen molar-refractivity contribution in [2.45, 2.75) is 6.42 Å². The van der Waals surface area contributed by atoms with Gasteiger partial charge in [0.1, 0.15) is 13.2 Å². The van der Waals surface area contributed by atoms with Gasteiger partial charge in [-0.1, -0.05) is 0 Å². The summed E-state index contributed by atoms with van der Waals surface area (Å²) in [6, 6.07) is 5.18. The molecule has 1 amide bonds. The largest absolute Gasteiger partial charge is 0.486 e. The second kappa shape index (κ2) is 5.54. The molecule has 0 radical (unpaired) electrons. The van der Waals surface area contributed by atoms with Gasteiger partial charge in [-0.05, 0) is 31.2 Å². The van der Waals surface area contributed by atoms with Crippen LogP contribution in [0.15, 0.2) is 18.2 Å². The number of benzene rings is 1. The highest BCUT2D eigenvalue weighted by Gasteiger charge is 2.14. The fraction of sp³-hybridized carbons (Fsp3) is 0.417. The fourth-order valence-corrected chi connectivity index (χ4v) is 1.59. The number of ether oxygens (including phenoxy) is 2. The first-order valence-corrected chi connectivity index (χ1v) is 5.69. The summed E-state index contributed by atoms with van der Waals surface area (Å²) in [6.07, 6.45) is 0.774. The molecule has 1 aromatic carbocycles. The molecule has 1 heterocycles. The summed E-state index contributed by atoms with van der Waals surface area (Å²) in [5.74, 6) is 1.20. The molecule has 2 rings (SSSR count). The van der Waals surface area contributed by atoms with Gasteiger partial charge in [-0.25, -0.2) is 0 Å². The minimum absolute atomic E-state index is 0.115. The Morgan fingerprint density at radius 2 is 2.06 bits per heavy atom. The topological polar surface area (TPSA) is 73.6 Å². The lowest BCUT2D eigenvalue weighted by molar-refractivity contribution is 0.0952. The van der Waals surface area contributed by atoms with E-state index in [1.165, 1.54) is 0 Å². The van der Waals surface area contributed by atoms with Crippen LogP contribution in [-0.4, -0.2) is 32.2 Å². The minimum Gasteiger partial charge on any atom is -0.486 e. The molecule has 17 heavy (non-hydrogen) atoms. The van der Waals surface area contributed by atoms with Crippen LogP contribution in [0.2, 0.25) is 0 Å². The Hall–Kier alpha value is -1.75. The van der Waals surface area contributed by atoms with E-state index in [1.54, 1.807) is 18.2 Å². The Balaban J connectivity index is 2.03. The van der Waals surface area contributed by atoms with Crippen molar-refractivity contribution in [3.05, 3.63) is 23.8 Å². The Morgan fingerprint density at radius 3 is 2.82 bits per heavy atom. The molecular weight excluding hydrogens is 220 g/mol. The van der Waals surface area contributed by atoms with Crippen molar-refractivity contribution >= 4 is 5.91 Å². The molecule has 0 saturated heterocycles. The zero-order valence-corrected chi connectivity index (χ0v) is 9.57. The maximum Gasteiger partial charge on any atom is 0.251 e. The Labute approximate surface area is 99.9 Å². The number of carbonyl (C=O) groups is 1. The number of nitrogens with one attached hydrogen (secondary N) is 1. The number of carbonyl (C=O) groups excluding carboxylic acids is 1. The predicted octanol–water partition coefficient (Wildman–Crippen LogP) is 0.536. The second-order valence-corrected chi connectivity index (χ2v) is 3.76. The van der Waals surface area contributed by atoms with Crippen LogP contribution in [0, 0.1) is 0 Å². The molecule has 3 N–H and O–H groups in total. The van der Waals surface area contributed by atoms with Gasteiger partial charge in [0.25, 0.3) is 5.91 Å². The summed E-state index contributed by atoms with van der Waals surface area (Å²) in [4.78, 5) is 11.8. The van der Waals surface area contributed by atoms with E-state index in [9.17, 15) is 4.79 Å². The van der Waals surface area contributed by atoms with Crippen molar-refractivity contribution in [1.29, 1.82) is 0 Å². The molecule has 5 nitrogen and oxygen atoms in total. The van der Waals surface area contributed by atoms with E-state index < -0.39 is 0 Å². The summed E-state index contributed by atoms with van der Waals surface area (Å²) in [6.45, 7) is 2.23. The maximum absolute atomic E-state index is 11.8. The highest BCUT2D eigenvalue weighted by atomic mass is 16.6. The average Bonchev–Trinajstić information content (AvgIpc) is 2.38. The third kappa shape index (κ3) is 2.88. The van der Waals surface area contributed by atoms with Gasteiger partial charge in [-0.15, -0.1) is 0 Å². The molecule has 0 fully saturated rings. The standard InChI is InChI=1S/C12H16N2O3/c13-4-1-5-14-12(15)9-2-3-10-11(8-9)17-7-6-16-10/h2-3,8H,1,4-7,13H2,(H,14,15). The van der Waals surface area contributed by atoms with E-state index in [0.29, 0.717) is 43.4 Å². The van der Waals surface area contributed by atoms with Gasteiger partial charge < -0.3 is 20.5 Å². The molecule has 1 aliphatic rings. The van der Waals surface area contributed by atoms with E-state index in [4.69, 9.17) is 15.2 Å². The fourth-order valence-electron chi connectivity index (χ4n) is 1.59. The summed E-state index contributed by atoms with van der Waals surface area (Å²) in [5, 5.41) is 2.79. The number of hydrogen-bond donors (Lipinski definition) is 2. The van der Waals surface area contributed by atoms with Gasteiger partial charge in [-0.2, -0.15) is 0 Å². The molecule has 0 atom stereocenters. The summed E-state index contributed by atoms with van der Waals surface area (Å²) >= 11 is 0. The summed E-state index contributed by atoms with van der Waals surface area (Å²) < 4.78 is 10.8. The molecule has 0 aromatic heterocycles. The molecule has 0 unspecified atom stereocenters. The zero-order valence-electron chi connectivity index (χ0n) is 9.57. The zero-order chi connectivity index (χ0) is 12.1. The van der Waals surface area contributed by atoms with Crippen LogP contribution in [0.3, 0.4) is 0 Å². The lowest BCUT2D eigenvalue weighted by Crippen LogP contribution is -2.26. The van der Waals surface area contributed by atoms with Crippen LogP contribution in [0.5, 0.6) is 11.5 Å². The Bertz CT molecular complexity index is 407. The van der Waals surface area contributed by atoms with Crippen molar-refractivity contribution in [1.82, 2.24) is 5.32 Å². The van der Waals surface area contributed by atoms with E-state index >= 15 is 0 Å². The minimum atomic E-state index is -0.115. The van der Waals surface area contributed by atoms with Gasteiger partial charge in [0.15, 0.2) is 11.5 Å². The monoisotopic (exact) mass is 236 g/mol. The van der Waals surface area contributed by atoms with Crippen molar-refractivity contribution in [2.24, 2.45) is 5.73 Å². The van der Waals surface area contributed by atoms with Gasteiger partial charge in [0.05, 0.1) is 0 Å². The lowest BCUT2D eigenvalue weighted by Gasteiger charge is -2.18. The molecule has 92 valence electrons. The molecule has 5 heteroatoms. The molecule has 0 bridgehead atoms. The normalized spacial score (nSPS) is 13.2. The quantitative estimate of drug-likeness (QED) is 0.748. The van der Waals surface area contributed by atoms with Crippen molar-refractivity contribution in [3.8, 4) is 11.5 Å². The van der Waals surface area contributed by atoms with Crippen LogP contribution in [0.4, 0.5) is 0 Å². The number of amides is 1. The molecule has 0 spiro atoms. The third-order valence-electron chi connectivity index (χ3n) is 2.47. The summed E-state index contributed by atoms with van der Waals surface area (Å²) in [7, 11) is 0. The van der Waals surface area contributed by atoms with Gasteiger partial charge >= 0.3 is 0 Å². The highest BCUT2D eigenvalue weighted by Crippen LogP contribution is 2.30. The van der Waals surface area contributed by atoms with Crippen molar-refractivity contribution in [2.75, 3.05) is 26.3 Å². The number of hydrogen-bond acceptors (Lipinski definition) is 4. The van der Waals surface area contributed by atoms with E-state index in [1.807, 2.05) is 0 Å². The van der Waals surface area contributed by atoms with Crippen LogP contribution in [-0.2, 0) is 0 Å². The van der Waals surface area contributed by atoms with E-state index in [-0.39, 0.29) is 5.91 Å². The van der Waals surface area contributed by atoms with E-state index in [2.05, 4.69) is 5.32 Å². The first-order chi connectivity index (χ1) is 8.31. The molecular formula is C12H16N2O3. The van der Waals surface area contributed by atoms with Crippen molar-refractivity contribution < 1.29 is 14.3 Å². The van der Waals surface area contributed by atoms with E-state index in [0.717, 1.165) is 6.42 Å². The van der Waals surface area contributed by atoms with Crippen molar-refractivity contribution in [3.63, 3.8) is 0 Å². The first kappa shape index (κ1) is 11.7. The Kier molecular flexibility index (Phi) is 3.82. The molecule has 1 aliphatic heterocycles. The van der Waals surface area contributed by atoms with Crippen LogP contribution >= 0.6 is 0 Å². The third-order valence-corrected chi connectivity index (χ3v) is 2.47. The summed E-state index contributed by atoms with van der Waals surface area (Å²) in [5.41, 5.74) is 5.93. The average molecular weight is 236 g/mol. The Morgan fingerprint density at radius 1 is 1.29 bits per heavy atom. The maximum atomic E-state index is 11.8. The predicted molar refractivity (Wildman–Crippen MR) is 63.4 cm³/mol. The van der Waals surface area contributed by atoms with Crippen LogP contribution < -0.4 is 20.5 Å². The highest BCUT2D eigenvalue weighted by molar-refractivity contribution is 5.94. The number of nitrogens with two attached hydrogens (primary N) is 1. The smallest absolute Gasteiger partial charge is 0.251 e. The lowest BCUT2D eigenvalue weighted by atomic mass is 10.2. The van der Waals surface area contributed by atoms with Gasteiger partial charge in [0, 0.05) is 12.1 Å². The SMILES string of the molecule is NCCCNC(=O)c1ccc2c(c1)OCCO2.